The predicted molar refractivity (Wildman–Crippen MR) is 53.1 cm³/mol. The van der Waals surface area contributed by atoms with Crippen LogP contribution in [0.3, 0.4) is 0 Å². The normalized spacial score (nSPS) is 9.57. The Balaban J connectivity index is 2.78. The summed E-state index contributed by atoms with van der Waals surface area (Å²) in [4.78, 5) is 22.1. The van der Waals surface area contributed by atoms with Gasteiger partial charge in [0.2, 0.25) is 0 Å². The number of thioether (sulfide) groups is 1. The predicted octanol–water partition coefficient (Wildman–Crippen LogP) is 2.05. The van der Waals surface area contributed by atoms with E-state index in [0.717, 1.165) is 11.8 Å². The first kappa shape index (κ1) is 10.8. The SMILES string of the molecule is CC(=O)Oc1cc[c]c(SC(C)=O)c1. The summed E-state index contributed by atoms with van der Waals surface area (Å²) in [6.45, 7) is 2.80. The zero-order valence-electron chi connectivity index (χ0n) is 7.87. The van der Waals surface area contributed by atoms with Gasteiger partial charge in [-0.15, -0.1) is 0 Å². The minimum absolute atomic E-state index is 0.0266. The van der Waals surface area contributed by atoms with E-state index in [1.54, 1.807) is 18.2 Å². The maximum Gasteiger partial charge on any atom is 0.308 e. The second kappa shape index (κ2) is 4.81. The highest BCUT2D eigenvalue weighted by Gasteiger charge is 2.02. The van der Waals surface area contributed by atoms with Crippen LogP contribution in [0.5, 0.6) is 5.75 Å². The highest BCUT2D eigenvalue weighted by molar-refractivity contribution is 8.13. The molecule has 0 saturated carbocycles. The molecule has 0 aliphatic rings. The van der Waals surface area contributed by atoms with Crippen molar-refractivity contribution in [2.75, 3.05) is 0 Å². The molecular formula is C10H9O3S. The molecule has 1 rings (SSSR count). The van der Waals surface area contributed by atoms with Crippen molar-refractivity contribution in [2.45, 2.75) is 18.7 Å². The molecule has 0 amide bonds. The van der Waals surface area contributed by atoms with Gasteiger partial charge in [0.15, 0.2) is 5.12 Å². The average Bonchev–Trinajstić information content (AvgIpc) is 2.01. The molecule has 1 aromatic rings. The fourth-order valence-electron chi connectivity index (χ4n) is 0.868. The van der Waals surface area contributed by atoms with Gasteiger partial charge in [-0.05, 0) is 24.3 Å². The highest BCUT2D eigenvalue weighted by atomic mass is 32.2. The van der Waals surface area contributed by atoms with Crippen LogP contribution in [0.25, 0.3) is 0 Å². The smallest absolute Gasteiger partial charge is 0.308 e. The monoisotopic (exact) mass is 209 g/mol. The summed E-state index contributed by atoms with van der Waals surface area (Å²) >= 11 is 1.05. The number of benzene rings is 1. The number of esters is 1. The molecule has 4 heteroatoms. The summed E-state index contributed by atoms with van der Waals surface area (Å²) in [7, 11) is 0. The van der Waals surface area contributed by atoms with Crippen molar-refractivity contribution in [1.82, 2.24) is 0 Å². The summed E-state index contributed by atoms with van der Waals surface area (Å²) in [6.07, 6.45) is 0. The summed E-state index contributed by atoms with van der Waals surface area (Å²) in [5, 5.41) is -0.0266. The van der Waals surface area contributed by atoms with Crippen LogP contribution in [0, 0.1) is 6.07 Å². The Kier molecular flexibility index (Phi) is 3.71. The van der Waals surface area contributed by atoms with Crippen LogP contribution in [0.2, 0.25) is 0 Å². The van der Waals surface area contributed by atoms with Gasteiger partial charge in [0.1, 0.15) is 5.75 Å². The average molecular weight is 209 g/mol. The number of carbonyl (C=O) groups excluding carboxylic acids is 2. The first-order valence-electron chi connectivity index (χ1n) is 3.96. The molecule has 0 spiro atoms. The molecule has 1 aromatic carbocycles. The van der Waals surface area contributed by atoms with E-state index in [2.05, 4.69) is 6.07 Å². The second-order valence-electron chi connectivity index (χ2n) is 2.58. The fourth-order valence-corrected chi connectivity index (χ4v) is 1.48. The van der Waals surface area contributed by atoms with Gasteiger partial charge in [-0.3, -0.25) is 9.59 Å². The molecular weight excluding hydrogens is 200 g/mol. The maximum absolute atomic E-state index is 10.8. The zero-order chi connectivity index (χ0) is 10.6. The molecule has 0 aliphatic heterocycles. The number of hydrogen-bond acceptors (Lipinski definition) is 4. The van der Waals surface area contributed by atoms with Crippen molar-refractivity contribution in [3.8, 4) is 5.75 Å². The highest BCUT2D eigenvalue weighted by Crippen LogP contribution is 2.22. The molecule has 0 N–H and O–H groups in total. The van der Waals surface area contributed by atoms with Crippen LogP contribution in [-0.4, -0.2) is 11.1 Å². The van der Waals surface area contributed by atoms with Crippen LogP contribution in [0.4, 0.5) is 0 Å². The van der Waals surface area contributed by atoms with Crippen molar-refractivity contribution < 1.29 is 14.3 Å². The lowest BCUT2D eigenvalue weighted by Gasteiger charge is -2.02. The van der Waals surface area contributed by atoms with E-state index in [1.807, 2.05) is 0 Å². The molecule has 3 nitrogen and oxygen atoms in total. The standard InChI is InChI=1S/C10H9O3S/c1-7(11)13-9-4-3-5-10(6-9)14-8(2)12/h3-4,6H,1-2H3. The second-order valence-corrected chi connectivity index (χ2v) is 3.79. The van der Waals surface area contributed by atoms with Crippen molar-refractivity contribution in [2.24, 2.45) is 0 Å². The van der Waals surface area contributed by atoms with Crippen molar-refractivity contribution in [3.05, 3.63) is 24.3 Å². The van der Waals surface area contributed by atoms with Gasteiger partial charge in [0, 0.05) is 18.7 Å². The molecule has 1 radical (unpaired) electrons. The Hall–Kier alpha value is -1.29. The molecule has 0 heterocycles. The molecule has 0 bridgehead atoms. The topological polar surface area (TPSA) is 43.4 Å². The Morgan fingerprint density at radius 3 is 2.71 bits per heavy atom. The van der Waals surface area contributed by atoms with Crippen LogP contribution in [0.15, 0.2) is 23.1 Å². The lowest BCUT2D eigenvalue weighted by molar-refractivity contribution is -0.131. The minimum Gasteiger partial charge on any atom is -0.427 e. The molecule has 0 atom stereocenters. The molecule has 0 fully saturated rings. The molecule has 0 aliphatic carbocycles. The molecule has 0 aromatic heterocycles. The first-order valence-corrected chi connectivity index (χ1v) is 4.78. The third-order valence-electron chi connectivity index (χ3n) is 1.26. The van der Waals surface area contributed by atoms with Gasteiger partial charge in [-0.2, -0.15) is 0 Å². The van der Waals surface area contributed by atoms with Crippen LogP contribution < -0.4 is 4.74 Å². The molecule has 0 unspecified atom stereocenters. The van der Waals surface area contributed by atoms with E-state index in [9.17, 15) is 9.59 Å². The Morgan fingerprint density at radius 2 is 2.14 bits per heavy atom. The summed E-state index contributed by atoms with van der Waals surface area (Å²) < 4.78 is 4.85. The van der Waals surface area contributed by atoms with Crippen molar-refractivity contribution >= 4 is 22.8 Å². The van der Waals surface area contributed by atoms with E-state index >= 15 is 0 Å². The molecule has 14 heavy (non-hydrogen) atoms. The Bertz CT molecular complexity index is 329. The van der Waals surface area contributed by atoms with Crippen molar-refractivity contribution in [1.29, 1.82) is 0 Å². The van der Waals surface area contributed by atoms with Gasteiger partial charge in [-0.25, -0.2) is 0 Å². The fraction of sp³-hybridized carbons (Fsp3) is 0.200. The zero-order valence-corrected chi connectivity index (χ0v) is 8.68. The van der Waals surface area contributed by atoms with E-state index in [4.69, 9.17) is 4.74 Å². The summed E-state index contributed by atoms with van der Waals surface area (Å²) in [5.41, 5.74) is 0. The van der Waals surface area contributed by atoms with Crippen LogP contribution in [0.1, 0.15) is 13.8 Å². The number of carbonyl (C=O) groups is 2. The molecule has 73 valence electrons. The maximum atomic E-state index is 10.8. The lowest BCUT2D eigenvalue weighted by atomic mass is 10.3. The van der Waals surface area contributed by atoms with E-state index in [-0.39, 0.29) is 11.1 Å². The van der Waals surface area contributed by atoms with Crippen LogP contribution >= 0.6 is 11.8 Å². The third-order valence-corrected chi connectivity index (χ3v) is 2.00. The summed E-state index contributed by atoms with van der Waals surface area (Å²) in [6, 6.07) is 7.70. The first-order chi connectivity index (χ1) is 6.58. The van der Waals surface area contributed by atoms with Crippen LogP contribution in [-0.2, 0) is 9.59 Å². The van der Waals surface area contributed by atoms with Gasteiger partial charge in [-0.1, -0.05) is 11.8 Å². The van der Waals surface area contributed by atoms with Gasteiger partial charge >= 0.3 is 5.97 Å². The number of hydrogen-bond donors (Lipinski definition) is 0. The van der Waals surface area contributed by atoms with E-state index in [1.165, 1.54) is 13.8 Å². The van der Waals surface area contributed by atoms with Gasteiger partial charge < -0.3 is 4.74 Å². The Morgan fingerprint density at radius 1 is 1.43 bits per heavy atom. The minimum atomic E-state index is -0.380. The molecule has 0 saturated heterocycles. The van der Waals surface area contributed by atoms with E-state index < -0.39 is 0 Å². The van der Waals surface area contributed by atoms with Gasteiger partial charge in [0.05, 0.1) is 0 Å². The number of rotatable bonds is 2. The van der Waals surface area contributed by atoms with E-state index in [0.29, 0.717) is 10.6 Å². The summed E-state index contributed by atoms with van der Waals surface area (Å²) in [5.74, 6) is 0.0509. The lowest BCUT2D eigenvalue weighted by Crippen LogP contribution is -2.01. The van der Waals surface area contributed by atoms with Crippen molar-refractivity contribution in [3.63, 3.8) is 0 Å². The number of ether oxygens (including phenoxy) is 1. The van der Waals surface area contributed by atoms with Gasteiger partial charge in [0.25, 0.3) is 0 Å². The quantitative estimate of drug-likeness (QED) is 0.425. The third kappa shape index (κ3) is 3.62. The Labute approximate surface area is 86.5 Å². The largest absolute Gasteiger partial charge is 0.427 e.